The average molecular weight is 1070 g/mol. The summed E-state index contributed by atoms with van der Waals surface area (Å²) < 4.78 is 13.8. The zero-order valence-corrected chi connectivity index (χ0v) is 45.6. The van der Waals surface area contributed by atoms with Gasteiger partial charge in [0.15, 0.2) is 11.6 Å². The number of β-amino-alcohol motifs (C(OH)–C–C–N with tert-alkyl or cyclic N) is 1. The number of aryl methyl sites for hydroxylation is 1. The largest absolute Gasteiger partial charge is 0.507 e. The van der Waals surface area contributed by atoms with Crippen LogP contribution in [0.2, 0.25) is 0 Å². The van der Waals surface area contributed by atoms with E-state index in [-0.39, 0.29) is 54.4 Å². The van der Waals surface area contributed by atoms with Crippen molar-refractivity contribution in [1.82, 2.24) is 50.1 Å². The van der Waals surface area contributed by atoms with Gasteiger partial charge in [-0.2, -0.15) is 5.10 Å². The lowest BCUT2D eigenvalue weighted by molar-refractivity contribution is -0.142. The molecule has 4 aliphatic rings. The number of aromatic hydroxyl groups is 1. The van der Waals surface area contributed by atoms with Crippen LogP contribution in [0.3, 0.4) is 0 Å². The minimum absolute atomic E-state index is 0.0503. The molecule has 3 amide bonds. The number of ether oxygens (including phenoxy) is 1. The minimum atomic E-state index is -0.832. The molecule has 5 atom stereocenters. The zero-order chi connectivity index (χ0) is 53.9. The quantitative estimate of drug-likeness (QED) is 0.0635. The number of hydrogen-bond donors (Lipinski definition) is 4. The highest BCUT2D eigenvalue weighted by Gasteiger charge is 2.44. The molecule has 5 N–H and O–H groups in total. The number of amides is 3. The summed E-state index contributed by atoms with van der Waals surface area (Å²) in [5, 5.41) is 41.5. The van der Waals surface area contributed by atoms with Crippen LogP contribution in [0.5, 0.6) is 11.6 Å². The standard InChI is InChI=1S/C58H73N11O7S/c1-34(2)53(58(74)68-32-45(70)26-49(68)56(72)62-35(3)40-10-12-42(13-11-40)54-36(4)60-33-77-54)51-28-52(65-76-51)75-23-18-38-14-21-67(22-15-38)57(73)43-24-39(25-43)30-66-19-16-41(17-20-66)37(5)69-31-44(29-61-69)47-27-48(63-64-55(47)59)46-8-6-7-9-50(46)71/h6-13,27-29,31,33-35,37-39,41,43,45,49,53,70-71H,14-26,30,32H2,1-5H3,(H2,59,64)(H,62,72)/t35-,37-,39?,43?,45+,49-,53+/m0/s1. The van der Waals surface area contributed by atoms with Crippen LogP contribution < -0.4 is 15.8 Å². The molecule has 2 aromatic carbocycles. The predicted molar refractivity (Wildman–Crippen MR) is 293 cm³/mol. The number of anilines is 1. The van der Waals surface area contributed by atoms with Crippen LogP contribution >= 0.6 is 11.3 Å². The van der Waals surface area contributed by atoms with Gasteiger partial charge in [-0.05, 0) is 137 Å². The van der Waals surface area contributed by atoms with Gasteiger partial charge in [-0.3, -0.25) is 19.1 Å². The van der Waals surface area contributed by atoms with Crippen LogP contribution in [0.1, 0.15) is 114 Å². The molecule has 0 unspecified atom stereocenters. The zero-order valence-electron chi connectivity index (χ0n) is 44.8. The van der Waals surface area contributed by atoms with Gasteiger partial charge in [-0.1, -0.05) is 50.2 Å². The number of thiazole rings is 1. The van der Waals surface area contributed by atoms with E-state index >= 15 is 0 Å². The first-order valence-corrected chi connectivity index (χ1v) is 28.4. The number of nitrogens with zero attached hydrogens (tertiary/aromatic N) is 9. The molecule has 3 aliphatic heterocycles. The Bertz CT molecular complexity index is 2990. The van der Waals surface area contributed by atoms with E-state index in [1.54, 1.807) is 35.6 Å². The number of para-hydroxylation sites is 1. The lowest BCUT2D eigenvalue weighted by Gasteiger charge is -2.43. The van der Waals surface area contributed by atoms with Gasteiger partial charge in [0.1, 0.15) is 17.7 Å². The molecule has 0 bridgehead atoms. The second-order valence-corrected chi connectivity index (χ2v) is 23.2. The number of carbonyl (C=O) groups excluding carboxylic acids is 3. The third-order valence-corrected chi connectivity index (χ3v) is 17.8. The van der Waals surface area contributed by atoms with Crippen LogP contribution in [0.25, 0.3) is 32.8 Å². The average Bonchev–Trinajstić information content (AvgIpc) is 4.28. The highest BCUT2D eigenvalue weighted by Crippen LogP contribution is 2.40. The van der Waals surface area contributed by atoms with Gasteiger partial charge in [0.05, 0.1) is 52.8 Å². The summed E-state index contributed by atoms with van der Waals surface area (Å²) in [7, 11) is 0. The predicted octanol–water partition coefficient (Wildman–Crippen LogP) is 8.30. The molecule has 408 valence electrons. The topological polar surface area (TPSA) is 231 Å². The number of benzene rings is 2. The Morgan fingerprint density at radius 3 is 2.38 bits per heavy atom. The molecule has 6 aromatic rings. The van der Waals surface area contributed by atoms with Crippen molar-refractivity contribution in [2.24, 2.45) is 29.6 Å². The number of aliphatic hydroxyl groups excluding tert-OH is 1. The molecule has 7 heterocycles. The van der Waals surface area contributed by atoms with E-state index in [0.29, 0.717) is 59.0 Å². The molecule has 19 heteroatoms. The summed E-state index contributed by atoms with van der Waals surface area (Å²) in [5.74, 6) is 1.49. The maximum Gasteiger partial charge on any atom is 0.254 e. The van der Waals surface area contributed by atoms with Crippen LogP contribution in [0.4, 0.5) is 5.82 Å². The maximum atomic E-state index is 14.2. The Morgan fingerprint density at radius 2 is 1.66 bits per heavy atom. The van der Waals surface area contributed by atoms with Gasteiger partial charge >= 0.3 is 0 Å². The number of likely N-dealkylation sites (tertiary alicyclic amines) is 3. The Balaban J connectivity index is 0.624. The highest BCUT2D eigenvalue weighted by atomic mass is 32.1. The summed E-state index contributed by atoms with van der Waals surface area (Å²) in [6, 6.07) is 17.7. The molecule has 0 radical (unpaired) electrons. The smallest absolute Gasteiger partial charge is 0.254 e. The fraction of sp³-hybridized carbons (Fsp3) is 0.517. The second-order valence-electron chi connectivity index (χ2n) is 22.4. The first kappa shape index (κ1) is 53.7. The minimum Gasteiger partial charge on any atom is -0.507 e. The molecule has 3 saturated heterocycles. The Hall–Kier alpha value is -6.70. The van der Waals surface area contributed by atoms with Crippen molar-refractivity contribution in [2.45, 2.75) is 116 Å². The fourth-order valence-electron chi connectivity index (χ4n) is 12.1. The van der Waals surface area contributed by atoms with Gasteiger partial charge in [0.25, 0.3) is 5.88 Å². The number of hydrogen-bond acceptors (Lipinski definition) is 15. The van der Waals surface area contributed by atoms with E-state index in [4.69, 9.17) is 20.1 Å². The molecule has 1 saturated carbocycles. The molecule has 77 heavy (non-hydrogen) atoms. The molecule has 4 aromatic heterocycles. The third kappa shape index (κ3) is 12.1. The Morgan fingerprint density at radius 1 is 0.909 bits per heavy atom. The molecule has 10 rings (SSSR count). The Kier molecular flexibility index (Phi) is 16.4. The number of rotatable bonds is 18. The van der Waals surface area contributed by atoms with Crippen LogP contribution in [0, 0.1) is 36.5 Å². The van der Waals surface area contributed by atoms with Gasteiger partial charge in [-0.25, -0.2) is 4.98 Å². The molecular formula is C58H73N11O7S. The third-order valence-electron chi connectivity index (χ3n) is 16.8. The summed E-state index contributed by atoms with van der Waals surface area (Å²) in [6.45, 7) is 15.1. The van der Waals surface area contributed by atoms with Crippen molar-refractivity contribution in [3.63, 3.8) is 0 Å². The number of aromatic nitrogens is 6. The van der Waals surface area contributed by atoms with Crippen molar-refractivity contribution in [1.29, 1.82) is 0 Å². The SMILES string of the molecule is Cc1ncsc1-c1ccc([C@H](C)NC(=O)[C@@H]2C[C@@H](O)CN2C(=O)[C@@H](c2cc(OCCC3CCN(C(=O)C4CC(CN5CCC([C@H](C)n6cc(-c7cc(-c8ccccc8O)nnc7N)cn6)CC5)C4)CC3)no2)C(C)C)cc1. The molecule has 0 spiro atoms. The van der Waals surface area contributed by atoms with E-state index in [1.807, 2.05) is 86.7 Å². The number of nitrogens with one attached hydrogen (secondary N) is 1. The number of phenols is 1. The van der Waals surface area contributed by atoms with Crippen molar-refractivity contribution in [2.75, 3.05) is 51.6 Å². The maximum absolute atomic E-state index is 14.2. The normalized spacial score (nSPS) is 21.7. The first-order chi connectivity index (χ1) is 37.2. The fourth-order valence-corrected chi connectivity index (χ4v) is 12.9. The lowest BCUT2D eigenvalue weighted by Crippen LogP contribution is -2.48. The molecule has 18 nitrogen and oxygen atoms in total. The van der Waals surface area contributed by atoms with Crippen LogP contribution in [-0.4, -0.2) is 131 Å². The second kappa shape index (κ2) is 23.5. The number of piperidine rings is 2. The summed E-state index contributed by atoms with van der Waals surface area (Å²) in [4.78, 5) is 53.2. The van der Waals surface area contributed by atoms with Crippen molar-refractivity contribution < 1.29 is 33.9 Å². The monoisotopic (exact) mass is 1070 g/mol. The first-order valence-electron chi connectivity index (χ1n) is 27.5. The van der Waals surface area contributed by atoms with E-state index in [0.717, 1.165) is 110 Å². The number of nitrogen functional groups attached to an aromatic ring is 1. The number of aliphatic hydroxyl groups is 1. The molecule has 1 aliphatic carbocycles. The van der Waals surface area contributed by atoms with Crippen LogP contribution in [-0.2, 0) is 14.4 Å². The number of carbonyl (C=O) groups is 3. The van der Waals surface area contributed by atoms with Gasteiger partial charge in [0, 0.05) is 67.5 Å². The van der Waals surface area contributed by atoms with E-state index in [9.17, 15) is 24.6 Å². The Labute approximate surface area is 454 Å². The van der Waals surface area contributed by atoms with Crippen molar-refractivity contribution >= 4 is 34.9 Å². The van der Waals surface area contributed by atoms with Crippen molar-refractivity contribution in [3.05, 3.63) is 95.6 Å². The van der Waals surface area contributed by atoms with E-state index in [2.05, 4.69) is 42.4 Å². The summed E-state index contributed by atoms with van der Waals surface area (Å²) >= 11 is 1.59. The summed E-state index contributed by atoms with van der Waals surface area (Å²) in [5.41, 5.74) is 13.8. The molecular weight excluding hydrogens is 995 g/mol. The lowest BCUT2D eigenvalue weighted by atomic mass is 9.73. The highest BCUT2D eigenvalue weighted by molar-refractivity contribution is 7.13. The number of phenolic OH excluding ortho intramolecular Hbond substituents is 1. The van der Waals surface area contributed by atoms with Crippen LogP contribution in [0.15, 0.2) is 83.1 Å². The van der Waals surface area contributed by atoms with Gasteiger partial charge in [-0.15, -0.1) is 21.5 Å². The summed E-state index contributed by atoms with van der Waals surface area (Å²) in [6.07, 6.45) is 9.94. The number of nitrogens with two attached hydrogens (primary N) is 1. The van der Waals surface area contributed by atoms with Crippen molar-refractivity contribution in [3.8, 4) is 44.5 Å². The van der Waals surface area contributed by atoms with Gasteiger partial charge in [0.2, 0.25) is 17.7 Å². The van der Waals surface area contributed by atoms with Gasteiger partial charge < -0.3 is 45.2 Å². The molecule has 4 fully saturated rings. The van der Waals surface area contributed by atoms with E-state index < -0.39 is 18.1 Å². The van der Waals surface area contributed by atoms with E-state index in [1.165, 1.54) is 4.90 Å².